The van der Waals surface area contributed by atoms with Crippen LogP contribution >= 0.6 is 0 Å². The van der Waals surface area contributed by atoms with Crippen LogP contribution in [0, 0.1) is 10.1 Å². The number of carboxylic acid groups (broad SMARTS) is 1. The molecule has 0 heterocycles. The molecular weight excluding hydrogens is 230 g/mol. The molecule has 0 aliphatic carbocycles. The highest BCUT2D eigenvalue weighted by Gasteiger charge is 2.09. The van der Waals surface area contributed by atoms with Gasteiger partial charge in [0.05, 0.1) is 4.92 Å². The number of nitro groups is 1. The number of rotatable bonds is 3. The molecule has 92 valence electrons. The Hall–Kier alpha value is -2.57. The maximum Gasteiger partial charge on any atom is 0.506 e. The van der Waals surface area contributed by atoms with Crippen LogP contribution in [0.3, 0.4) is 0 Å². The predicted molar refractivity (Wildman–Crippen MR) is 58.9 cm³/mol. The first-order chi connectivity index (χ1) is 7.99. The van der Waals surface area contributed by atoms with Crippen molar-refractivity contribution in [1.29, 1.82) is 0 Å². The summed E-state index contributed by atoms with van der Waals surface area (Å²) in [6, 6.07) is 5.55. The number of nitrogens with zero attached hydrogens (tertiary/aromatic N) is 1. The van der Waals surface area contributed by atoms with Crippen molar-refractivity contribution in [2.45, 2.75) is 0 Å². The van der Waals surface area contributed by atoms with E-state index in [1.165, 1.54) is 30.3 Å². The third kappa shape index (κ3) is 6.50. The van der Waals surface area contributed by atoms with Gasteiger partial charge in [-0.05, 0) is 6.07 Å². The first-order valence-corrected chi connectivity index (χ1v) is 4.38. The van der Waals surface area contributed by atoms with E-state index in [1.54, 1.807) is 0 Å². The third-order valence-corrected chi connectivity index (χ3v) is 1.40. The number of nitro benzene ring substituents is 1. The largest absolute Gasteiger partial charge is 0.506 e. The number of carbonyl (C=O) groups is 1. The molecule has 0 amide bonds. The Morgan fingerprint density at radius 3 is 2.41 bits per heavy atom. The van der Waals surface area contributed by atoms with Gasteiger partial charge in [0.1, 0.15) is 6.61 Å². The van der Waals surface area contributed by atoms with Gasteiger partial charge in [-0.3, -0.25) is 10.1 Å². The second kappa shape index (κ2) is 7.69. The van der Waals surface area contributed by atoms with Gasteiger partial charge in [-0.25, -0.2) is 4.79 Å². The van der Waals surface area contributed by atoms with Crippen molar-refractivity contribution in [3.8, 4) is 5.75 Å². The molecule has 0 bridgehead atoms. The molecule has 0 saturated carbocycles. The van der Waals surface area contributed by atoms with Crippen LogP contribution in [0.2, 0.25) is 0 Å². The molecular formula is C10H11NO6. The maximum atomic E-state index is 10.1. The Kier molecular flexibility index (Phi) is 6.52. The Labute approximate surface area is 96.7 Å². The van der Waals surface area contributed by atoms with Crippen LogP contribution in [-0.4, -0.2) is 27.9 Å². The average molecular weight is 241 g/mol. The molecule has 0 aromatic heterocycles. The lowest BCUT2D eigenvalue weighted by Crippen LogP contribution is -1.98. The fraction of sp³-hybridized carbons (Fsp3) is 0.100. The van der Waals surface area contributed by atoms with E-state index in [0.717, 1.165) is 0 Å². The molecule has 0 aliphatic rings. The number of hydrogen-bond acceptors (Lipinski definition) is 5. The Bertz CT molecular complexity index is 404. The van der Waals surface area contributed by atoms with Crippen LogP contribution < -0.4 is 0 Å². The number of phenols is 1. The summed E-state index contributed by atoms with van der Waals surface area (Å²) in [5, 5.41) is 26.7. The quantitative estimate of drug-likeness (QED) is 0.363. The molecule has 0 fully saturated rings. The summed E-state index contributed by atoms with van der Waals surface area (Å²) in [6.07, 6.45) is 0.105. The minimum atomic E-state index is -1.26. The predicted octanol–water partition coefficient (Wildman–Crippen LogP) is 2.17. The van der Waals surface area contributed by atoms with E-state index >= 15 is 0 Å². The van der Waals surface area contributed by atoms with Crippen LogP contribution in [0.25, 0.3) is 0 Å². The van der Waals surface area contributed by atoms with Gasteiger partial charge in [-0.1, -0.05) is 24.8 Å². The van der Waals surface area contributed by atoms with Gasteiger partial charge < -0.3 is 14.9 Å². The highest BCUT2D eigenvalue weighted by atomic mass is 16.7. The molecule has 7 nitrogen and oxygen atoms in total. The summed E-state index contributed by atoms with van der Waals surface area (Å²) < 4.78 is 3.99. The topological polar surface area (TPSA) is 110 Å². The first kappa shape index (κ1) is 14.4. The van der Waals surface area contributed by atoms with E-state index in [0.29, 0.717) is 0 Å². The van der Waals surface area contributed by atoms with E-state index in [4.69, 9.17) is 10.2 Å². The van der Waals surface area contributed by atoms with Crippen molar-refractivity contribution in [2.75, 3.05) is 6.61 Å². The van der Waals surface area contributed by atoms with Crippen LogP contribution in [0.15, 0.2) is 36.9 Å². The highest BCUT2D eigenvalue weighted by Crippen LogP contribution is 2.23. The minimum absolute atomic E-state index is 0.0648. The van der Waals surface area contributed by atoms with Crippen LogP contribution in [-0.2, 0) is 4.74 Å². The van der Waals surface area contributed by atoms with Crippen molar-refractivity contribution in [2.24, 2.45) is 0 Å². The Morgan fingerprint density at radius 1 is 1.53 bits per heavy atom. The van der Waals surface area contributed by atoms with Crippen molar-refractivity contribution < 1.29 is 24.7 Å². The number of benzene rings is 1. The summed E-state index contributed by atoms with van der Waals surface area (Å²) in [4.78, 5) is 18.9. The first-order valence-electron chi connectivity index (χ1n) is 4.38. The molecule has 0 unspecified atom stereocenters. The van der Waals surface area contributed by atoms with Crippen molar-refractivity contribution in [3.05, 3.63) is 47.0 Å². The molecule has 1 aromatic rings. The number of phenolic OH excluding ortho intramolecular Hbond substituents is 1. The van der Waals surface area contributed by atoms with Crippen molar-refractivity contribution in [3.63, 3.8) is 0 Å². The smallest absolute Gasteiger partial charge is 0.502 e. The van der Waals surface area contributed by atoms with E-state index in [9.17, 15) is 14.9 Å². The van der Waals surface area contributed by atoms with Gasteiger partial charge in [-0.15, -0.1) is 0 Å². The van der Waals surface area contributed by atoms with E-state index in [2.05, 4.69) is 11.3 Å². The molecule has 0 atom stereocenters. The standard InChI is InChI=1S/C6H5NO3.C4H6O3/c8-6-4-2-1-3-5(6)7(9)10;1-2-3-7-4(5)6/h1-4,8H;2H,1,3H2,(H,5,6). The summed E-state index contributed by atoms with van der Waals surface area (Å²) in [7, 11) is 0. The lowest BCUT2D eigenvalue weighted by Gasteiger charge is -1.91. The molecule has 7 heteroatoms. The molecule has 0 saturated heterocycles. The zero-order chi connectivity index (χ0) is 13.3. The van der Waals surface area contributed by atoms with Gasteiger partial charge in [0.2, 0.25) is 0 Å². The second-order valence-corrected chi connectivity index (χ2v) is 2.61. The maximum absolute atomic E-state index is 10.1. The molecule has 2 N–H and O–H groups in total. The monoisotopic (exact) mass is 241 g/mol. The summed E-state index contributed by atoms with van der Waals surface area (Å²) in [5.41, 5.74) is -0.262. The van der Waals surface area contributed by atoms with Gasteiger partial charge in [-0.2, -0.15) is 0 Å². The normalized spacial score (nSPS) is 8.47. The lowest BCUT2D eigenvalue weighted by atomic mass is 10.3. The van der Waals surface area contributed by atoms with Gasteiger partial charge in [0, 0.05) is 6.07 Å². The van der Waals surface area contributed by atoms with Crippen LogP contribution in [0.1, 0.15) is 0 Å². The highest BCUT2D eigenvalue weighted by molar-refractivity contribution is 5.56. The fourth-order valence-corrected chi connectivity index (χ4v) is 0.749. The number of ether oxygens (including phenoxy) is 1. The summed E-state index contributed by atoms with van der Waals surface area (Å²) in [5.74, 6) is -0.299. The Morgan fingerprint density at radius 2 is 2.12 bits per heavy atom. The van der Waals surface area contributed by atoms with Crippen LogP contribution in [0.5, 0.6) is 5.75 Å². The van der Waals surface area contributed by atoms with Gasteiger partial charge >= 0.3 is 11.8 Å². The van der Waals surface area contributed by atoms with Crippen molar-refractivity contribution >= 4 is 11.8 Å². The molecule has 1 aromatic carbocycles. The van der Waals surface area contributed by atoms with Crippen LogP contribution in [0.4, 0.5) is 10.5 Å². The number of para-hydroxylation sites is 2. The zero-order valence-electron chi connectivity index (χ0n) is 8.78. The summed E-state index contributed by atoms with van der Waals surface area (Å²) >= 11 is 0. The van der Waals surface area contributed by atoms with Crippen molar-refractivity contribution in [1.82, 2.24) is 0 Å². The van der Waals surface area contributed by atoms with E-state index in [1.807, 2.05) is 0 Å². The minimum Gasteiger partial charge on any atom is -0.502 e. The van der Waals surface area contributed by atoms with Gasteiger partial charge in [0.25, 0.3) is 0 Å². The molecule has 0 radical (unpaired) electrons. The SMILES string of the molecule is C=CCOC(=O)O.O=[N+]([O-])c1ccccc1O. The molecule has 0 aliphatic heterocycles. The van der Waals surface area contributed by atoms with E-state index < -0.39 is 11.1 Å². The summed E-state index contributed by atoms with van der Waals surface area (Å²) in [6.45, 7) is 3.31. The molecule has 0 spiro atoms. The number of hydrogen-bond donors (Lipinski definition) is 2. The molecule has 1 rings (SSSR count). The zero-order valence-corrected chi connectivity index (χ0v) is 8.78. The second-order valence-electron chi connectivity index (χ2n) is 2.61. The number of aromatic hydroxyl groups is 1. The lowest BCUT2D eigenvalue weighted by molar-refractivity contribution is -0.385. The van der Waals surface area contributed by atoms with E-state index in [-0.39, 0.29) is 18.0 Å². The average Bonchev–Trinajstić information content (AvgIpc) is 2.27. The van der Waals surface area contributed by atoms with Gasteiger partial charge in [0.15, 0.2) is 5.75 Å². The fourth-order valence-electron chi connectivity index (χ4n) is 0.749. The Balaban J connectivity index is 0.000000325. The third-order valence-electron chi connectivity index (χ3n) is 1.40. The molecule has 17 heavy (non-hydrogen) atoms.